The van der Waals surface area contributed by atoms with Crippen LogP contribution < -0.4 is 5.32 Å². The minimum absolute atomic E-state index is 0.0296. The Morgan fingerprint density at radius 2 is 2.00 bits per heavy atom. The van der Waals surface area contributed by atoms with E-state index in [2.05, 4.69) is 29.4 Å². The number of carboxylic acid groups (broad SMARTS) is 1. The molecule has 1 rings (SSSR count). The van der Waals surface area contributed by atoms with Crippen molar-refractivity contribution in [3.63, 3.8) is 0 Å². The number of amides is 1. The van der Waals surface area contributed by atoms with Crippen LogP contribution in [0.2, 0.25) is 0 Å². The van der Waals surface area contributed by atoms with Gasteiger partial charge in [0.15, 0.2) is 0 Å². The zero-order chi connectivity index (χ0) is 16.0. The maximum Gasteiger partial charge on any atom is 0.303 e. The molecule has 1 atom stereocenters. The summed E-state index contributed by atoms with van der Waals surface area (Å²) in [4.78, 5) is 22.8. The minimum Gasteiger partial charge on any atom is -0.481 e. The van der Waals surface area contributed by atoms with Crippen molar-refractivity contribution in [2.24, 2.45) is 11.8 Å². The van der Waals surface area contributed by atoms with Crippen LogP contribution in [0.5, 0.6) is 0 Å². The van der Waals surface area contributed by atoms with Gasteiger partial charge in [-0.15, -0.1) is 0 Å². The fraction of sp³-hybridized carbons (Fsp3) is 0.667. The number of aryl methyl sites for hydroxylation is 2. The Balaban J connectivity index is 2.51. The lowest BCUT2D eigenvalue weighted by atomic mass is 9.94. The van der Waals surface area contributed by atoms with Gasteiger partial charge in [-0.05, 0) is 32.1 Å². The van der Waals surface area contributed by atoms with Gasteiger partial charge in [0.2, 0.25) is 5.91 Å². The Labute approximate surface area is 125 Å². The zero-order valence-corrected chi connectivity index (χ0v) is 13.2. The third kappa shape index (κ3) is 5.97. The standard InChI is InChI=1S/C15H25N3O3/c1-9(2)5-12(6-15(20)21)8-16-14(19)7-13-10(3)17-18-11(13)4/h9,12H,5-8H2,1-4H3,(H,16,19)(H,17,18)(H,20,21)/t12-/m0/s1. The van der Waals surface area contributed by atoms with E-state index in [0.717, 1.165) is 23.4 Å². The lowest BCUT2D eigenvalue weighted by Gasteiger charge is -2.17. The SMILES string of the molecule is Cc1n[nH]c(C)c1CC(=O)NC[C@H](CC(=O)O)CC(C)C. The van der Waals surface area contributed by atoms with Crippen LogP contribution >= 0.6 is 0 Å². The molecule has 0 saturated heterocycles. The molecule has 0 unspecified atom stereocenters. The Bertz CT molecular complexity index is 475. The first-order valence-corrected chi connectivity index (χ1v) is 7.28. The number of carbonyl (C=O) groups excluding carboxylic acids is 1. The number of aromatic nitrogens is 2. The van der Waals surface area contributed by atoms with Gasteiger partial charge in [-0.25, -0.2) is 0 Å². The molecule has 1 amide bonds. The van der Waals surface area contributed by atoms with Crippen molar-refractivity contribution in [3.05, 3.63) is 17.0 Å². The monoisotopic (exact) mass is 295 g/mol. The third-order valence-electron chi connectivity index (χ3n) is 3.47. The lowest BCUT2D eigenvalue weighted by Crippen LogP contribution is -2.32. The first-order chi connectivity index (χ1) is 9.79. The average molecular weight is 295 g/mol. The third-order valence-corrected chi connectivity index (χ3v) is 3.47. The van der Waals surface area contributed by atoms with E-state index in [-0.39, 0.29) is 24.7 Å². The van der Waals surface area contributed by atoms with Crippen LogP contribution in [0.1, 0.15) is 43.6 Å². The summed E-state index contributed by atoms with van der Waals surface area (Å²) in [6, 6.07) is 0. The molecule has 21 heavy (non-hydrogen) atoms. The van der Waals surface area contributed by atoms with E-state index in [4.69, 9.17) is 5.11 Å². The molecule has 6 heteroatoms. The summed E-state index contributed by atoms with van der Waals surface area (Å²) in [5.41, 5.74) is 2.63. The van der Waals surface area contributed by atoms with Crippen LogP contribution in [0, 0.1) is 25.7 Å². The van der Waals surface area contributed by atoms with Gasteiger partial charge < -0.3 is 10.4 Å². The first kappa shape index (κ1) is 17.2. The number of rotatable bonds is 8. The molecule has 0 aliphatic heterocycles. The molecule has 0 aromatic carbocycles. The molecule has 1 aromatic heterocycles. The van der Waals surface area contributed by atoms with Crippen LogP contribution in [0.4, 0.5) is 0 Å². The molecule has 1 aromatic rings. The van der Waals surface area contributed by atoms with E-state index in [0.29, 0.717) is 12.5 Å². The van der Waals surface area contributed by atoms with Gasteiger partial charge in [-0.2, -0.15) is 5.10 Å². The van der Waals surface area contributed by atoms with Crippen LogP contribution in [-0.2, 0) is 16.0 Å². The molecular formula is C15H25N3O3. The summed E-state index contributed by atoms with van der Waals surface area (Å²) >= 11 is 0. The fourth-order valence-corrected chi connectivity index (χ4v) is 2.47. The number of H-pyrrole nitrogens is 1. The predicted molar refractivity (Wildman–Crippen MR) is 80.0 cm³/mol. The lowest BCUT2D eigenvalue weighted by molar-refractivity contribution is -0.138. The van der Waals surface area contributed by atoms with E-state index >= 15 is 0 Å². The summed E-state index contributed by atoms with van der Waals surface area (Å²) in [5.74, 6) is -0.541. The maximum atomic E-state index is 12.0. The number of aliphatic carboxylic acids is 1. The second-order valence-electron chi connectivity index (χ2n) is 5.99. The van der Waals surface area contributed by atoms with Crippen LogP contribution in [0.25, 0.3) is 0 Å². The van der Waals surface area contributed by atoms with Crippen molar-refractivity contribution in [1.29, 1.82) is 0 Å². The summed E-state index contributed by atoms with van der Waals surface area (Å²) in [6.07, 6.45) is 1.15. The smallest absolute Gasteiger partial charge is 0.303 e. The minimum atomic E-state index is -0.823. The van der Waals surface area contributed by atoms with Crippen molar-refractivity contribution < 1.29 is 14.7 Å². The molecule has 3 N–H and O–H groups in total. The van der Waals surface area contributed by atoms with Crippen molar-refractivity contribution in [2.45, 2.75) is 47.0 Å². The first-order valence-electron chi connectivity index (χ1n) is 7.28. The number of nitrogens with one attached hydrogen (secondary N) is 2. The second kappa shape index (κ2) is 7.81. The van der Waals surface area contributed by atoms with Gasteiger partial charge in [0.25, 0.3) is 0 Å². The molecule has 0 bridgehead atoms. The maximum absolute atomic E-state index is 12.0. The van der Waals surface area contributed by atoms with E-state index < -0.39 is 5.97 Å². The predicted octanol–water partition coefficient (Wildman–Crippen LogP) is 1.82. The highest BCUT2D eigenvalue weighted by atomic mass is 16.4. The van der Waals surface area contributed by atoms with Crippen LogP contribution in [-0.4, -0.2) is 33.7 Å². The van der Waals surface area contributed by atoms with Crippen molar-refractivity contribution in [2.75, 3.05) is 6.54 Å². The van der Waals surface area contributed by atoms with Gasteiger partial charge in [0.05, 0.1) is 12.1 Å². The molecule has 0 fully saturated rings. The molecule has 1 heterocycles. The highest BCUT2D eigenvalue weighted by Crippen LogP contribution is 2.15. The van der Waals surface area contributed by atoms with Gasteiger partial charge in [-0.1, -0.05) is 13.8 Å². The topological polar surface area (TPSA) is 95.1 Å². The zero-order valence-electron chi connectivity index (χ0n) is 13.2. The summed E-state index contributed by atoms with van der Waals surface area (Å²) in [6.45, 7) is 8.25. The van der Waals surface area contributed by atoms with E-state index in [1.54, 1.807) is 0 Å². The Morgan fingerprint density at radius 1 is 1.33 bits per heavy atom. The number of carboxylic acids is 1. The number of hydrogen-bond acceptors (Lipinski definition) is 3. The molecule has 0 saturated carbocycles. The Kier molecular flexibility index (Phi) is 6.39. The molecule has 0 aliphatic rings. The molecular weight excluding hydrogens is 270 g/mol. The highest BCUT2D eigenvalue weighted by Gasteiger charge is 2.17. The quantitative estimate of drug-likeness (QED) is 0.681. The normalized spacial score (nSPS) is 12.4. The number of nitrogens with zero attached hydrogens (tertiary/aromatic N) is 1. The van der Waals surface area contributed by atoms with Crippen molar-refractivity contribution >= 4 is 11.9 Å². The molecule has 0 spiro atoms. The Morgan fingerprint density at radius 3 is 2.48 bits per heavy atom. The van der Waals surface area contributed by atoms with Gasteiger partial charge in [-0.3, -0.25) is 14.7 Å². The second-order valence-corrected chi connectivity index (χ2v) is 5.99. The number of hydrogen-bond donors (Lipinski definition) is 3. The fourth-order valence-electron chi connectivity index (χ4n) is 2.47. The summed E-state index contributed by atoms with van der Waals surface area (Å²) in [7, 11) is 0. The molecule has 6 nitrogen and oxygen atoms in total. The largest absolute Gasteiger partial charge is 0.481 e. The highest BCUT2D eigenvalue weighted by molar-refractivity contribution is 5.79. The van der Waals surface area contributed by atoms with Crippen LogP contribution in [0.15, 0.2) is 0 Å². The van der Waals surface area contributed by atoms with Crippen molar-refractivity contribution in [3.8, 4) is 0 Å². The van der Waals surface area contributed by atoms with Crippen LogP contribution in [0.3, 0.4) is 0 Å². The summed E-state index contributed by atoms with van der Waals surface area (Å²) < 4.78 is 0. The molecule has 0 radical (unpaired) electrons. The Hall–Kier alpha value is -1.85. The van der Waals surface area contributed by atoms with Crippen molar-refractivity contribution in [1.82, 2.24) is 15.5 Å². The van der Waals surface area contributed by atoms with Gasteiger partial charge in [0, 0.05) is 24.2 Å². The number of carbonyl (C=O) groups is 2. The average Bonchev–Trinajstić information content (AvgIpc) is 2.66. The van der Waals surface area contributed by atoms with Gasteiger partial charge >= 0.3 is 5.97 Å². The van der Waals surface area contributed by atoms with Gasteiger partial charge in [0.1, 0.15) is 0 Å². The summed E-state index contributed by atoms with van der Waals surface area (Å²) in [5, 5.41) is 18.7. The van der Waals surface area contributed by atoms with E-state index in [9.17, 15) is 9.59 Å². The number of aromatic amines is 1. The molecule has 0 aliphatic carbocycles. The van der Waals surface area contributed by atoms with E-state index in [1.807, 2.05) is 13.8 Å². The molecule has 118 valence electrons. The van der Waals surface area contributed by atoms with E-state index in [1.165, 1.54) is 0 Å².